The third-order valence-electron chi connectivity index (χ3n) is 4.35. The van der Waals surface area contributed by atoms with E-state index in [0.717, 1.165) is 25.9 Å². The van der Waals surface area contributed by atoms with Gasteiger partial charge in [0.25, 0.3) is 0 Å². The zero-order valence-corrected chi connectivity index (χ0v) is 11.3. The molecule has 2 fully saturated rings. The highest BCUT2D eigenvalue weighted by molar-refractivity contribution is 5.92. The molecule has 4 nitrogen and oxygen atoms in total. The van der Waals surface area contributed by atoms with Gasteiger partial charge in [-0.15, -0.1) is 0 Å². The van der Waals surface area contributed by atoms with E-state index in [0.29, 0.717) is 24.1 Å². The molecule has 1 heterocycles. The fourth-order valence-corrected chi connectivity index (χ4v) is 3.36. The molecule has 1 amide bonds. The third kappa shape index (κ3) is 2.83. The van der Waals surface area contributed by atoms with E-state index in [9.17, 15) is 14.3 Å². The van der Waals surface area contributed by atoms with Crippen LogP contribution in [0.1, 0.15) is 12.8 Å². The molecule has 1 saturated carbocycles. The first-order valence-electron chi connectivity index (χ1n) is 7.07. The summed E-state index contributed by atoms with van der Waals surface area (Å²) >= 11 is 0. The summed E-state index contributed by atoms with van der Waals surface area (Å²) in [6.45, 7) is 1.90. The summed E-state index contributed by atoms with van der Waals surface area (Å²) in [6.07, 6.45) is 1.93. The number of fused-ring (bicyclic) bond motifs is 2. The van der Waals surface area contributed by atoms with Gasteiger partial charge >= 0.3 is 0 Å². The van der Waals surface area contributed by atoms with Crippen molar-refractivity contribution < 1.29 is 14.3 Å². The van der Waals surface area contributed by atoms with Gasteiger partial charge in [-0.1, -0.05) is 0 Å². The number of carbonyl (C=O) groups is 1. The lowest BCUT2D eigenvalue weighted by molar-refractivity contribution is -0.118. The van der Waals surface area contributed by atoms with Gasteiger partial charge < -0.3 is 10.4 Å². The number of benzene rings is 1. The number of rotatable bonds is 3. The van der Waals surface area contributed by atoms with Crippen LogP contribution in [-0.2, 0) is 4.79 Å². The molecule has 1 aliphatic heterocycles. The molecular formula is C15H19FN2O2. The van der Waals surface area contributed by atoms with Crippen molar-refractivity contribution in [3.05, 3.63) is 30.1 Å². The summed E-state index contributed by atoms with van der Waals surface area (Å²) in [7, 11) is 0. The number of aliphatic hydroxyl groups excluding tert-OH is 1. The molecule has 0 spiro atoms. The summed E-state index contributed by atoms with van der Waals surface area (Å²) < 4.78 is 12.8. The normalized spacial score (nSPS) is 29.4. The molecule has 2 aliphatic rings. The summed E-state index contributed by atoms with van der Waals surface area (Å²) in [5, 5.41) is 12.7. The maximum absolute atomic E-state index is 12.8. The van der Waals surface area contributed by atoms with Gasteiger partial charge in [-0.2, -0.15) is 0 Å². The molecule has 1 aromatic rings. The number of nitrogens with zero attached hydrogens (tertiary/aromatic N) is 1. The van der Waals surface area contributed by atoms with E-state index in [1.165, 1.54) is 12.1 Å². The highest BCUT2D eigenvalue weighted by Gasteiger charge is 2.41. The maximum atomic E-state index is 12.8. The lowest BCUT2D eigenvalue weighted by atomic mass is 9.95. The molecule has 1 aromatic carbocycles. The second-order valence-corrected chi connectivity index (χ2v) is 5.84. The van der Waals surface area contributed by atoms with Gasteiger partial charge in [0.2, 0.25) is 5.91 Å². The number of amides is 1. The number of aliphatic hydroxyl groups is 1. The second kappa shape index (κ2) is 5.50. The Morgan fingerprint density at radius 3 is 2.45 bits per heavy atom. The van der Waals surface area contributed by atoms with Crippen molar-refractivity contribution in [3.8, 4) is 0 Å². The molecule has 20 heavy (non-hydrogen) atoms. The van der Waals surface area contributed by atoms with Crippen molar-refractivity contribution in [1.29, 1.82) is 0 Å². The molecule has 108 valence electrons. The van der Waals surface area contributed by atoms with Gasteiger partial charge in [-0.05, 0) is 48.9 Å². The quantitative estimate of drug-likeness (QED) is 0.880. The van der Waals surface area contributed by atoms with Crippen molar-refractivity contribution in [3.63, 3.8) is 0 Å². The van der Waals surface area contributed by atoms with Gasteiger partial charge in [0.1, 0.15) is 5.82 Å². The van der Waals surface area contributed by atoms with Crippen molar-refractivity contribution >= 4 is 11.6 Å². The van der Waals surface area contributed by atoms with Gasteiger partial charge in [0.05, 0.1) is 12.6 Å². The second-order valence-electron chi connectivity index (χ2n) is 5.84. The number of halogens is 1. The molecule has 3 atom stereocenters. The summed E-state index contributed by atoms with van der Waals surface area (Å²) in [6, 6.07) is 5.76. The van der Waals surface area contributed by atoms with E-state index in [1.807, 2.05) is 0 Å². The molecule has 0 aromatic heterocycles. The first-order valence-corrected chi connectivity index (χ1v) is 7.07. The molecular weight excluding hydrogens is 259 g/mol. The van der Waals surface area contributed by atoms with Gasteiger partial charge in [-0.25, -0.2) is 4.39 Å². The fraction of sp³-hybridized carbons (Fsp3) is 0.533. The number of anilines is 1. The molecule has 3 rings (SSSR count). The highest BCUT2D eigenvalue weighted by atomic mass is 19.1. The van der Waals surface area contributed by atoms with E-state index in [4.69, 9.17) is 0 Å². The number of hydrogen-bond acceptors (Lipinski definition) is 3. The number of nitrogens with one attached hydrogen (secondary N) is 1. The molecule has 2 bridgehead atoms. The van der Waals surface area contributed by atoms with Crippen molar-refractivity contribution in [2.24, 2.45) is 11.8 Å². The van der Waals surface area contributed by atoms with Crippen LogP contribution in [0.4, 0.5) is 10.1 Å². The van der Waals surface area contributed by atoms with Crippen LogP contribution in [0.5, 0.6) is 0 Å². The Kier molecular flexibility index (Phi) is 3.72. The van der Waals surface area contributed by atoms with Gasteiger partial charge in [0, 0.05) is 18.8 Å². The fourth-order valence-electron chi connectivity index (χ4n) is 3.36. The Balaban J connectivity index is 1.53. The summed E-state index contributed by atoms with van der Waals surface area (Å²) in [4.78, 5) is 14.1. The molecule has 5 heteroatoms. The Bertz CT molecular complexity index is 477. The minimum absolute atomic E-state index is 0.0904. The van der Waals surface area contributed by atoms with Crippen LogP contribution in [0.3, 0.4) is 0 Å². The van der Waals surface area contributed by atoms with E-state index >= 15 is 0 Å². The third-order valence-corrected chi connectivity index (χ3v) is 4.35. The topological polar surface area (TPSA) is 52.6 Å². The highest BCUT2D eigenvalue weighted by Crippen LogP contribution is 2.36. The summed E-state index contributed by atoms with van der Waals surface area (Å²) in [5.74, 6) is 0.219. The van der Waals surface area contributed by atoms with Crippen LogP contribution in [0.2, 0.25) is 0 Å². The van der Waals surface area contributed by atoms with Crippen LogP contribution in [0.15, 0.2) is 24.3 Å². The minimum Gasteiger partial charge on any atom is -0.392 e. The Morgan fingerprint density at radius 2 is 1.85 bits per heavy atom. The Morgan fingerprint density at radius 1 is 1.25 bits per heavy atom. The van der Waals surface area contributed by atoms with Crippen molar-refractivity contribution in [1.82, 2.24) is 4.90 Å². The van der Waals surface area contributed by atoms with E-state index in [2.05, 4.69) is 10.2 Å². The van der Waals surface area contributed by atoms with Crippen LogP contribution >= 0.6 is 0 Å². The van der Waals surface area contributed by atoms with Gasteiger partial charge in [0.15, 0.2) is 0 Å². The van der Waals surface area contributed by atoms with Crippen LogP contribution in [0, 0.1) is 17.7 Å². The van der Waals surface area contributed by atoms with E-state index < -0.39 is 0 Å². The van der Waals surface area contributed by atoms with E-state index in [-0.39, 0.29) is 17.8 Å². The number of carbonyl (C=O) groups excluding carboxylic acids is 1. The zero-order chi connectivity index (χ0) is 14.1. The first kappa shape index (κ1) is 13.5. The maximum Gasteiger partial charge on any atom is 0.238 e. The summed E-state index contributed by atoms with van der Waals surface area (Å²) in [5.41, 5.74) is 0.608. The predicted octanol–water partition coefficient (Wildman–Crippen LogP) is 1.47. The van der Waals surface area contributed by atoms with Gasteiger partial charge in [-0.3, -0.25) is 9.69 Å². The van der Waals surface area contributed by atoms with Crippen LogP contribution in [0.25, 0.3) is 0 Å². The molecule has 1 aliphatic carbocycles. The lowest BCUT2D eigenvalue weighted by Crippen LogP contribution is -2.47. The Hall–Kier alpha value is -1.46. The van der Waals surface area contributed by atoms with E-state index in [1.54, 1.807) is 12.1 Å². The molecule has 0 radical (unpaired) electrons. The number of likely N-dealkylation sites (tertiary alicyclic amines) is 1. The average molecular weight is 278 g/mol. The van der Waals surface area contributed by atoms with Crippen LogP contribution in [-0.4, -0.2) is 41.7 Å². The molecule has 2 N–H and O–H groups in total. The zero-order valence-electron chi connectivity index (χ0n) is 11.3. The predicted molar refractivity (Wildman–Crippen MR) is 73.7 cm³/mol. The number of piperidine rings is 1. The first-order chi connectivity index (χ1) is 9.61. The van der Waals surface area contributed by atoms with Crippen molar-refractivity contribution in [2.75, 3.05) is 25.0 Å². The Labute approximate surface area is 117 Å². The average Bonchev–Trinajstić information content (AvgIpc) is 2.64. The van der Waals surface area contributed by atoms with Crippen LogP contribution < -0.4 is 5.32 Å². The SMILES string of the molecule is O=C(CN1C[C@H]2CC[C@@H](C1)C2O)Nc1ccc(F)cc1. The molecule has 1 unspecified atom stereocenters. The minimum atomic E-state index is -0.315. The number of hydrogen-bond donors (Lipinski definition) is 2. The smallest absolute Gasteiger partial charge is 0.238 e. The standard InChI is InChI=1S/C15H19FN2O2/c16-12-3-5-13(6-4-12)17-14(19)9-18-7-10-1-2-11(8-18)15(10)20/h3-6,10-11,15,20H,1-2,7-9H2,(H,17,19)/t10-,11+,15?. The largest absolute Gasteiger partial charge is 0.392 e. The van der Waals surface area contributed by atoms with Crippen molar-refractivity contribution in [2.45, 2.75) is 18.9 Å². The molecule has 1 saturated heterocycles. The monoisotopic (exact) mass is 278 g/mol. The lowest BCUT2D eigenvalue weighted by Gasteiger charge is -2.34.